The number of fused-ring (bicyclic) bond motifs is 4. The Morgan fingerprint density at radius 1 is 0.400 bits per heavy atom. The third-order valence-electron chi connectivity index (χ3n) is 9.08. The molecule has 0 aliphatic carbocycles. The summed E-state index contributed by atoms with van der Waals surface area (Å²) in [6.07, 6.45) is 0. The molecule has 0 bridgehead atoms. The first-order valence-corrected chi connectivity index (χ1v) is 14.9. The van der Waals surface area contributed by atoms with Crippen molar-refractivity contribution in [3.63, 3.8) is 0 Å². The summed E-state index contributed by atoms with van der Waals surface area (Å²) in [5.41, 5.74) is 6.59. The zero-order valence-corrected chi connectivity index (χ0v) is 23.9. The van der Waals surface area contributed by atoms with Gasteiger partial charge in [0.05, 0.1) is 9.60 Å². The average Bonchev–Trinajstić information content (AvgIpc) is 3.57. The van der Waals surface area contributed by atoms with E-state index in [-0.39, 0.29) is 40.5 Å². The van der Waals surface area contributed by atoms with E-state index in [1.165, 1.54) is 0 Å². The molecule has 0 amide bonds. The zero-order valence-electron chi connectivity index (χ0n) is 30.9. The van der Waals surface area contributed by atoms with E-state index in [4.69, 9.17) is 12.6 Å². The lowest BCUT2D eigenvalue weighted by Gasteiger charge is -2.17. The van der Waals surface area contributed by atoms with E-state index in [9.17, 15) is 1.37 Å². The highest BCUT2D eigenvalue weighted by Crippen LogP contribution is 2.46. The minimum Gasteiger partial charge on any atom is -0.455 e. The SMILES string of the molecule is [2H]c1c([2H])c([2H])c2c([2H])c(-c3ccc4ccc5c(-c6cccc7oc8c(-c9ccccc9)cccc8c67)ccc6ccc3c4c65)c([2H])c([2H])c2c1[2H]. The first kappa shape index (κ1) is 18.7. The standard InChI is InChI=1S/C44H26O/c1-2-9-28(10-3-1)34-12-6-14-39-43-36(13-7-15-40(43)45-44(34)39)35-23-19-30-20-24-37-33(22-18-29-21-25-38(35)42(30)41(29)37)32-17-16-27-8-4-5-11-31(27)26-32/h1-26H/i4D,5D,8D,11D,16D,17D,26D. The van der Waals surface area contributed by atoms with Gasteiger partial charge in [-0.1, -0.05) is 145 Å². The van der Waals surface area contributed by atoms with Crippen LogP contribution in [0.1, 0.15) is 9.60 Å². The minimum atomic E-state index is -0.480. The van der Waals surface area contributed by atoms with Crippen LogP contribution in [0.2, 0.25) is 0 Å². The van der Waals surface area contributed by atoms with Crippen molar-refractivity contribution in [3.05, 3.63) is 158 Å². The van der Waals surface area contributed by atoms with Crippen molar-refractivity contribution in [2.45, 2.75) is 0 Å². The maximum absolute atomic E-state index is 9.24. The molecule has 0 spiro atoms. The van der Waals surface area contributed by atoms with E-state index in [0.717, 1.165) is 76.5 Å². The van der Waals surface area contributed by atoms with Crippen molar-refractivity contribution in [1.82, 2.24) is 0 Å². The van der Waals surface area contributed by atoms with Crippen molar-refractivity contribution in [2.24, 2.45) is 0 Å². The minimum absolute atomic E-state index is 0.0502. The van der Waals surface area contributed by atoms with E-state index >= 15 is 0 Å². The third-order valence-corrected chi connectivity index (χ3v) is 9.08. The molecule has 0 unspecified atom stereocenters. The highest BCUT2D eigenvalue weighted by Gasteiger charge is 2.19. The summed E-state index contributed by atoms with van der Waals surface area (Å²) in [5, 5.41) is 7.78. The van der Waals surface area contributed by atoms with Crippen LogP contribution < -0.4 is 0 Å². The van der Waals surface area contributed by atoms with Crippen LogP contribution in [0.15, 0.2) is 162 Å². The molecule has 0 saturated heterocycles. The molecule has 0 atom stereocenters. The van der Waals surface area contributed by atoms with Crippen molar-refractivity contribution in [3.8, 4) is 33.4 Å². The zero-order chi connectivity index (χ0) is 35.6. The van der Waals surface area contributed by atoms with Crippen LogP contribution >= 0.6 is 0 Å². The Balaban J connectivity index is 1.26. The lowest BCUT2D eigenvalue weighted by atomic mass is 9.86. The monoisotopic (exact) mass is 577 g/mol. The highest BCUT2D eigenvalue weighted by atomic mass is 16.3. The molecular formula is C44H26O. The summed E-state index contributed by atoms with van der Waals surface area (Å²) in [6, 6.07) is 36.6. The number of furan rings is 1. The Kier molecular flexibility index (Phi) is 3.86. The van der Waals surface area contributed by atoms with Crippen molar-refractivity contribution in [1.29, 1.82) is 0 Å². The topological polar surface area (TPSA) is 13.1 Å². The fraction of sp³-hybridized carbons (Fsp3) is 0. The molecule has 0 aliphatic rings. The molecule has 10 aromatic rings. The molecule has 0 fully saturated rings. The van der Waals surface area contributed by atoms with Gasteiger partial charge in [0.15, 0.2) is 0 Å². The van der Waals surface area contributed by atoms with Gasteiger partial charge in [0.25, 0.3) is 0 Å². The van der Waals surface area contributed by atoms with Crippen LogP contribution in [0, 0.1) is 0 Å². The smallest absolute Gasteiger partial charge is 0.143 e. The van der Waals surface area contributed by atoms with Gasteiger partial charge in [0, 0.05) is 16.3 Å². The predicted octanol–water partition coefficient (Wildman–Crippen LogP) is 12.6. The molecule has 45 heavy (non-hydrogen) atoms. The van der Waals surface area contributed by atoms with Gasteiger partial charge in [-0.05, 0) is 83.0 Å². The molecular weight excluding hydrogens is 544 g/mol. The quantitative estimate of drug-likeness (QED) is 0.190. The summed E-state index contributed by atoms with van der Waals surface area (Å²) in [6.45, 7) is 0. The fourth-order valence-corrected chi connectivity index (χ4v) is 7.09. The lowest BCUT2D eigenvalue weighted by molar-refractivity contribution is 0.670. The van der Waals surface area contributed by atoms with Crippen LogP contribution in [0.5, 0.6) is 0 Å². The number of hydrogen-bond donors (Lipinski definition) is 0. The van der Waals surface area contributed by atoms with Crippen LogP contribution in [0.25, 0.3) is 98.4 Å². The second-order valence-electron chi connectivity index (χ2n) is 11.5. The molecule has 0 aliphatic heterocycles. The van der Waals surface area contributed by atoms with E-state index in [0.29, 0.717) is 5.56 Å². The normalized spacial score (nSPS) is 14.2. The Morgan fingerprint density at radius 2 is 1.09 bits per heavy atom. The van der Waals surface area contributed by atoms with E-state index < -0.39 is 18.1 Å². The molecule has 1 nitrogen and oxygen atoms in total. The molecule has 1 aromatic heterocycles. The molecule has 9 aromatic carbocycles. The van der Waals surface area contributed by atoms with Crippen LogP contribution in [-0.4, -0.2) is 0 Å². The van der Waals surface area contributed by atoms with Gasteiger partial charge in [-0.3, -0.25) is 0 Å². The Morgan fingerprint density at radius 3 is 1.91 bits per heavy atom. The van der Waals surface area contributed by atoms with Crippen molar-refractivity contribution < 1.29 is 14.0 Å². The molecule has 1 heterocycles. The number of benzene rings is 9. The third kappa shape index (κ3) is 3.56. The Labute approximate surface area is 269 Å². The number of hydrogen-bond acceptors (Lipinski definition) is 1. The van der Waals surface area contributed by atoms with Gasteiger partial charge >= 0.3 is 0 Å². The molecule has 0 N–H and O–H groups in total. The molecule has 0 radical (unpaired) electrons. The summed E-state index contributed by atoms with van der Waals surface area (Å²) in [4.78, 5) is 0. The molecule has 1 heteroatoms. The maximum atomic E-state index is 9.24. The van der Waals surface area contributed by atoms with Crippen LogP contribution in [0.3, 0.4) is 0 Å². The van der Waals surface area contributed by atoms with E-state index in [1.54, 1.807) is 0 Å². The second-order valence-corrected chi connectivity index (χ2v) is 11.5. The average molecular weight is 578 g/mol. The lowest BCUT2D eigenvalue weighted by Crippen LogP contribution is -1.90. The van der Waals surface area contributed by atoms with Crippen LogP contribution in [0.4, 0.5) is 0 Å². The second kappa shape index (κ2) is 9.29. The predicted molar refractivity (Wildman–Crippen MR) is 191 cm³/mol. The van der Waals surface area contributed by atoms with E-state index in [1.807, 2.05) is 54.6 Å². The summed E-state index contributed by atoms with van der Waals surface area (Å²) in [7, 11) is 0. The highest BCUT2D eigenvalue weighted by molar-refractivity contribution is 6.29. The Hall–Kier alpha value is -5.92. The maximum Gasteiger partial charge on any atom is 0.143 e. The van der Waals surface area contributed by atoms with Gasteiger partial charge < -0.3 is 4.42 Å². The molecule has 208 valence electrons. The van der Waals surface area contributed by atoms with Crippen molar-refractivity contribution >= 4 is 65.0 Å². The fourth-order valence-electron chi connectivity index (χ4n) is 7.09. The summed E-state index contributed by atoms with van der Waals surface area (Å²) >= 11 is 0. The molecule has 0 saturated carbocycles. The van der Waals surface area contributed by atoms with E-state index in [2.05, 4.69) is 60.7 Å². The van der Waals surface area contributed by atoms with Gasteiger partial charge in [-0.15, -0.1) is 0 Å². The first-order valence-electron chi connectivity index (χ1n) is 18.4. The number of para-hydroxylation sites is 1. The number of rotatable bonds is 3. The van der Waals surface area contributed by atoms with Gasteiger partial charge in [0.2, 0.25) is 0 Å². The Bertz CT molecular complexity index is 3150. The van der Waals surface area contributed by atoms with Crippen LogP contribution in [-0.2, 0) is 0 Å². The van der Waals surface area contributed by atoms with Gasteiger partial charge in [0.1, 0.15) is 11.2 Å². The van der Waals surface area contributed by atoms with Crippen molar-refractivity contribution in [2.75, 3.05) is 0 Å². The molecule has 10 rings (SSSR count). The summed E-state index contributed by atoms with van der Waals surface area (Å²) in [5.74, 6) is 0. The van der Waals surface area contributed by atoms with Gasteiger partial charge in [-0.2, -0.15) is 0 Å². The first-order chi connectivity index (χ1) is 25.2. The summed E-state index contributed by atoms with van der Waals surface area (Å²) < 4.78 is 67.2. The van der Waals surface area contributed by atoms with Gasteiger partial charge in [-0.25, -0.2) is 0 Å². The largest absolute Gasteiger partial charge is 0.455 e.